The molecule has 1 N–H and O–H groups in total. The molecule has 0 bridgehead atoms. The number of ether oxygens (including phenoxy) is 1. The van der Waals surface area contributed by atoms with Crippen LogP contribution in [0.15, 0.2) is 71.6 Å². The minimum atomic E-state index is -4.28. The number of halogens is 3. The van der Waals surface area contributed by atoms with Gasteiger partial charge in [-0.05, 0) is 61.4 Å². The molecule has 1 atom stereocenters. The summed E-state index contributed by atoms with van der Waals surface area (Å²) < 4.78 is 34.2. The average Bonchev–Trinajstić information content (AvgIpc) is 2.93. The van der Waals surface area contributed by atoms with Crippen molar-refractivity contribution >= 4 is 62.3 Å². The van der Waals surface area contributed by atoms with Gasteiger partial charge in [-0.2, -0.15) is 0 Å². The normalized spacial score (nSPS) is 11.9. The number of anilines is 1. The number of amides is 2. The van der Waals surface area contributed by atoms with Gasteiger partial charge >= 0.3 is 0 Å². The molecule has 0 aliphatic rings. The first-order valence-electron chi connectivity index (χ1n) is 12.5. The Balaban J connectivity index is 2.14. The van der Waals surface area contributed by atoms with Gasteiger partial charge < -0.3 is 15.0 Å². The third-order valence-electron chi connectivity index (χ3n) is 6.11. The summed E-state index contributed by atoms with van der Waals surface area (Å²) in [6.45, 7) is 3.19. The molecule has 3 rings (SSSR count). The lowest BCUT2D eigenvalue weighted by atomic mass is 10.1. The lowest BCUT2D eigenvalue weighted by Gasteiger charge is -2.33. The Kier molecular flexibility index (Phi) is 11.1. The number of benzene rings is 3. The molecule has 3 aromatic rings. The molecule has 0 heterocycles. The minimum absolute atomic E-state index is 0.0344. The van der Waals surface area contributed by atoms with Gasteiger partial charge in [0.1, 0.15) is 18.3 Å². The van der Waals surface area contributed by atoms with Crippen LogP contribution in [0, 0.1) is 0 Å². The van der Waals surface area contributed by atoms with E-state index in [1.807, 2.05) is 0 Å². The van der Waals surface area contributed by atoms with E-state index in [0.29, 0.717) is 22.2 Å². The lowest BCUT2D eigenvalue weighted by molar-refractivity contribution is -0.140. The molecular formula is C28H30Cl3N3O5S. The van der Waals surface area contributed by atoms with Gasteiger partial charge in [0, 0.05) is 28.2 Å². The minimum Gasteiger partial charge on any atom is -0.495 e. The summed E-state index contributed by atoms with van der Waals surface area (Å²) in [6.07, 6.45) is 0.273. The van der Waals surface area contributed by atoms with E-state index in [0.717, 1.165) is 4.31 Å². The number of methoxy groups -OCH3 is 1. The Morgan fingerprint density at radius 3 is 2.20 bits per heavy atom. The highest BCUT2D eigenvalue weighted by Crippen LogP contribution is 2.35. The van der Waals surface area contributed by atoms with Crippen LogP contribution in [-0.4, -0.2) is 51.4 Å². The molecule has 0 aliphatic heterocycles. The quantitative estimate of drug-likeness (QED) is 0.274. The van der Waals surface area contributed by atoms with Crippen LogP contribution in [0.5, 0.6) is 5.75 Å². The van der Waals surface area contributed by atoms with Crippen LogP contribution in [0.25, 0.3) is 0 Å². The molecule has 0 unspecified atom stereocenters. The molecule has 0 fully saturated rings. The summed E-state index contributed by atoms with van der Waals surface area (Å²) in [4.78, 5) is 28.4. The van der Waals surface area contributed by atoms with Gasteiger partial charge in [0.05, 0.1) is 17.7 Å². The highest BCUT2D eigenvalue weighted by molar-refractivity contribution is 7.92. The maximum absolute atomic E-state index is 14.1. The van der Waals surface area contributed by atoms with Crippen LogP contribution in [0.4, 0.5) is 5.69 Å². The molecule has 3 aromatic carbocycles. The summed E-state index contributed by atoms with van der Waals surface area (Å²) in [5.74, 6) is -0.813. The number of likely N-dealkylation sites (N-methyl/N-ethyl adjacent to an activating group) is 1. The maximum Gasteiger partial charge on any atom is 0.264 e. The van der Waals surface area contributed by atoms with Gasteiger partial charge in [-0.15, -0.1) is 0 Å². The Labute approximate surface area is 249 Å². The summed E-state index contributed by atoms with van der Waals surface area (Å²) >= 11 is 18.7. The van der Waals surface area contributed by atoms with Crippen molar-refractivity contribution in [2.75, 3.05) is 24.5 Å². The number of rotatable bonds is 12. The zero-order chi connectivity index (χ0) is 29.4. The van der Waals surface area contributed by atoms with Gasteiger partial charge in [-0.25, -0.2) is 8.42 Å². The van der Waals surface area contributed by atoms with Crippen LogP contribution in [-0.2, 0) is 26.2 Å². The fourth-order valence-electron chi connectivity index (χ4n) is 4.14. The van der Waals surface area contributed by atoms with Crippen LogP contribution >= 0.6 is 34.8 Å². The number of nitrogens with zero attached hydrogens (tertiary/aromatic N) is 2. The standard InChI is InChI=1S/C28H30Cl3N3O5S/c1-4-24(28(36)32-5-2)33(17-19-11-12-20(29)15-23(19)31)27(35)18-34(25-16-21(30)13-14-26(25)39-3)40(37,38)22-9-7-6-8-10-22/h6-16,24H,4-5,17-18H2,1-3H3,(H,32,36)/t24-/m1/s1. The molecule has 2 amide bonds. The molecule has 40 heavy (non-hydrogen) atoms. The van der Waals surface area contributed by atoms with E-state index in [9.17, 15) is 18.0 Å². The first kappa shape index (κ1) is 31.5. The van der Waals surface area contributed by atoms with Crippen LogP contribution in [0.1, 0.15) is 25.8 Å². The predicted molar refractivity (Wildman–Crippen MR) is 159 cm³/mol. The van der Waals surface area contributed by atoms with Gasteiger partial charge in [-0.3, -0.25) is 13.9 Å². The topological polar surface area (TPSA) is 96.0 Å². The second-order valence-electron chi connectivity index (χ2n) is 8.72. The van der Waals surface area contributed by atoms with Crippen molar-refractivity contribution in [3.63, 3.8) is 0 Å². The summed E-state index contributed by atoms with van der Waals surface area (Å²) in [7, 11) is -2.89. The fourth-order valence-corrected chi connectivity index (χ4v) is 6.21. The van der Waals surface area contributed by atoms with Gasteiger partial charge in [-0.1, -0.05) is 66.0 Å². The third kappa shape index (κ3) is 7.40. The molecule has 0 saturated carbocycles. The molecule has 0 radical (unpaired) electrons. The summed E-state index contributed by atoms with van der Waals surface area (Å²) in [5.41, 5.74) is 0.614. The first-order valence-corrected chi connectivity index (χ1v) is 15.0. The first-order chi connectivity index (χ1) is 19.0. The molecule has 214 valence electrons. The second-order valence-corrected chi connectivity index (χ2v) is 11.9. The van der Waals surface area contributed by atoms with Crippen molar-refractivity contribution in [1.29, 1.82) is 0 Å². The molecule has 0 aromatic heterocycles. The molecule has 0 aliphatic carbocycles. The maximum atomic E-state index is 14.1. The Bertz CT molecular complexity index is 1450. The predicted octanol–water partition coefficient (Wildman–Crippen LogP) is 5.79. The average molecular weight is 627 g/mol. The fraction of sp³-hybridized carbons (Fsp3) is 0.286. The highest BCUT2D eigenvalue weighted by Gasteiger charge is 2.35. The van der Waals surface area contributed by atoms with Crippen molar-refractivity contribution < 1.29 is 22.7 Å². The van der Waals surface area contributed by atoms with Crippen molar-refractivity contribution in [3.05, 3.63) is 87.4 Å². The Morgan fingerprint density at radius 1 is 0.950 bits per heavy atom. The van der Waals surface area contributed by atoms with Crippen LogP contribution in [0.2, 0.25) is 15.1 Å². The zero-order valence-corrected chi connectivity index (χ0v) is 25.3. The number of hydrogen-bond acceptors (Lipinski definition) is 5. The monoisotopic (exact) mass is 625 g/mol. The van der Waals surface area contributed by atoms with E-state index in [-0.39, 0.29) is 40.2 Å². The smallest absolute Gasteiger partial charge is 0.264 e. The number of sulfonamides is 1. The van der Waals surface area contributed by atoms with E-state index in [1.54, 1.807) is 50.2 Å². The Morgan fingerprint density at radius 2 is 1.60 bits per heavy atom. The molecule has 12 heteroatoms. The highest BCUT2D eigenvalue weighted by atomic mass is 35.5. The number of carbonyl (C=O) groups excluding carboxylic acids is 2. The lowest BCUT2D eigenvalue weighted by Crippen LogP contribution is -2.52. The largest absolute Gasteiger partial charge is 0.495 e. The van der Waals surface area contributed by atoms with Crippen LogP contribution in [0.3, 0.4) is 0 Å². The van der Waals surface area contributed by atoms with E-state index >= 15 is 0 Å². The molecule has 0 spiro atoms. The van der Waals surface area contributed by atoms with Gasteiger partial charge in [0.15, 0.2) is 0 Å². The van der Waals surface area contributed by atoms with Crippen molar-refractivity contribution in [2.45, 2.75) is 37.8 Å². The van der Waals surface area contributed by atoms with Crippen LogP contribution < -0.4 is 14.4 Å². The number of carbonyl (C=O) groups is 2. The van der Waals surface area contributed by atoms with E-state index in [1.165, 1.54) is 42.3 Å². The Hall–Kier alpha value is -2.98. The zero-order valence-electron chi connectivity index (χ0n) is 22.2. The van der Waals surface area contributed by atoms with Gasteiger partial charge in [0.25, 0.3) is 10.0 Å². The summed E-state index contributed by atoms with van der Waals surface area (Å²) in [6, 6.07) is 16.1. The number of hydrogen-bond donors (Lipinski definition) is 1. The van der Waals surface area contributed by atoms with Gasteiger partial charge in [0.2, 0.25) is 11.8 Å². The van der Waals surface area contributed by atoms with Crippen molar-refractivity contribution in [3.8, 4) is 5.75 Å². The second kappa shape index (κ2) is 14.1. The van der Waals surface area contributed by atoms with Crippen molar-refractivity contribution in [1.82, 2.24) is 10.2 Å². The molecule has 8 nitrogen and oxygen atoms in total. The molecule has 0 saturated heterocycles. The molecular weight excluding hydrogens is 597 g/mol. The van der Waals surface area contributed by atoms with E-state index in [2.05, 4.69) is 5.32 Å². The van der Waals surface area contributed by atoms with E-state index in [4.69, 9.17) is 39.5 Å². The number of nitrogens with one attached hydrogen (secondary N) is 1. The summed E-state index contributed by atoms with van der Waals surface area (Å²) in [5, 5.41) is 3.72. The van der Waals surface area contributed by atoms with Crippen molar-refractivity contribution in [2.24, 2.45) is 0 Å². The third-order valence-corrected chi connectivity index (χ3v) is 8.71. The van der Waals surface area contributed by atoms with E-state index < -0.39 is 28.5 Å². The SMILES string of the molecule is CCNC(=O)[C@@H](CC)N(Cc1ccc(Cl)cc1Cl)C(=O)CN(c1cc(Cl)ccc1OC)S(=O)(=O)c1ccccc1.